The number of aliphatic imine (C=N–C) groups is 1. The number of likely N-dealkylation sites (tertiary alicyclic amines) is 1. The molecular formula is C11H13ClN6. The Morgan fingerprint density at radius 1 is 1.28 bits per heavy atom. The van der Waals surface area contributed by atoms with E-state index < -0.39 is 0 Å². The van der Waals surface area contributed by atoms with Crippen molar-refractivity contribution in [2.75, 3.05) is 13.1 Å². The third-order valence-electron chi connectivity index (χ3n) is 2.96. The van der Waals surface area contributed by atoms with E-state index in [-0.39, 0.29) is 0 Å². The van der Waals surface area contributed by atoms with E-state index >= 15 is 0 Å². The van der Waals surface area contributed by atoms with Gasteiger partial charge in [0.15, 0.2) is 10.8 Å². The molecule has 1 aliphatic heterocycles. The van der Waals surface area contributed by atoms with E-state index in [0.29, 0.717) is 22.3 Å². The van der Waals surface area contributed by atoms with E-state index in [1.807, 2.05) is 0 Å². The van der Waals surface area contributed by atoms with Gasteiger partial charge in [0.25, 0.3) is 5.95 Å². The zero-order valence-corrected chi connectivity index (χ0v) is 10.6. The van der Waals surface area contributed by atoms with Crippen molar-refractivity contribution in [2.45, 2.75) is 19.3 Å². The largest absolute Gasteiger partial charge is 0.362 e. The predicted molar refractivity (Wildman–Crippen MR) is 70.3 cm³/mol. The van der Waals surface area contributed by atoms with Gasteiger partial charge in [-0.25, -0.2) is 9.98 Å². The summed E-state index contributed by atoms with van der Waals surface area (Å²) in [4.78, 5) is 21.7. The van der Waals surface area contributed by atoms with Crippen LogP contribution in [0.1, 0.15) is 19.3 Å². The first-order valence-electron chi connectivity index (χ1n) is 5.98. The Labute approximate surface area is 109 Å². The number of nitrogens with zero attached hydrogens (tertiary/aromatic N) is 5. The molecular weight excluding hydrogens is 252 g/mol. The minimum Gasteiger partial charge on any atom is -0.362 e. The van der Waals surface area contributed by atoms with Gasteiger partial charge < -0.3 is 9.88 Å². The van der Waals surface area contributed by atoms with Crippen molar-refractivity contribution in [3.8, 4) is 0 Å². The lowest BCUT2D eigenvalue weighted by Gasteiger charge is -2.23. The topological polar surface area (TPSA) is 70.1 Å². The number of nitrogens with one attached hydrogen (secondary N) is 1. The molecule has 1 fully saturated rings. The summed E-state index contributed by atoms with van der Waals surface area (Å²) >= 11 is 6.02. The summed E-state index contributed by atoms with van der Waals surface area (Å²) in [6.45, 7) is 2.09. The Bertz CT molecular complexity index is 572. The molecule has 3 rings (SSSR count). The first-order chi connectivity index (χ1) is 8.83. The molecule has 0 aromatic carbocycles. The Balaban J connectivity index is 1.83. The van der Waals surface area contributed by atoms with E-state index in [9.17, 15) is 0 Å². The number of aromatic amines is 1. The molecule has 0 atom stereocenters. The molecule has 1 aliphatic rings. The van der Waals surface area contributed by atoms with Crippen LogP contribution in [-0.2, 0) is 0 Å². The lowest BCUT2D eigenvalue weighted by Crippen LogP contribution is -2.28. The molecule has 0 amide bonds. The van der Waals surface area contributed by atoms with Gasteiger partial charge >= 0.3 is 0 Å². The molecule has 3 heterocycles. The summed E-state index contributed by atoms with van der Waals surface area (Å²) in [6, 6.07) is 0. The van der Waals surface area contributed by atoms with Gasteiger partial charge in [-0.1, -0.05) is 11.6 Å². The van der Waals surface area contributed by atoms with Crippen LogP contribution in [0.5, 0.6) is 0 Å². The molecule has 18 heavy (non-hydrogen) atoms. The zero-order chi connectivity index (χ0) is 12.4. The number of hydrogen-bond acceptors (Lipinski definition) is 4. The van der Waals surface area contributed by atoms with Crippen LogP contribution in [0.25, 0.3) is 11.2 Å². The summed E-state index contributed by atoms with van der Waals surface area (Å²) in [5.41, 5.74) is 1.19. The fraction of sp³-hybridized carbons (Fsp3) is 0.455. The highest BCUT2D eigenvalue weighted by Gasteiger charge is 2.08. The van der Waals surface area contributed by atoms with Crippen molar-refractivity contribution < 1.29 is 0 Å². The van der Waals surface area contributed by atoms with Crippen LogP contribution < -0.4 is 0 Å². The SMILES string of the molecule is Clc1nc(N=CN2CCCCC2)nc2nc[nH]c12. The van der Waals surface area contributed by atoms with Crippen molar-refractivity contribution in [3.05, 3.63) is 11.5 Å². The molecule has 0 saturated carbocycles. The smallest absolute Gasteiger partial charge is 0.254 e. The van der Waals surface area contributed by atoms with Crippen LogP contribution in [0.15, 0.2) is 11.3 Å². The summed E-state index contributed by atoms with van der Waals surface area (Å²) in [5.74, 6) is 0.352. The Kier molecular flexibility index (Phi) is 3.10. The van der Waals surface area contributed by atoms with Crippen LogP contribution in [0.4, 0.5) is 5.95 Å². The summed E-state index contributed by atoms with van der Waals surface area (Å²) in [5, 5.41) is 0.350. The molecule has 0 aliphatic carbocycles. The molecule has 0 radical (unpaired) electrons. The lowest BCUT2D eigenvalue weighted by atomic mass is 10.1. The number of H-pyrrole nitrogens is 1. The average Bonchev–Trinajstić information content (AvgIpc) is 2.86. The van der Waals surface area contributed by atoms with Gasteiger partial charge in [0.2, 0.25) is 0 Å². The van der Waals surface area contributed by atoms with E-state index in [1.54, 1.807) is 12.7 Å². The van der Waals surface area contributed by atoms with Gasteiger partial charge in [0, 0.05) is 13.1 Å². The molecule has 0 bridgehead atoms. The molecule has 2 aromatic rings. The molecule has 1 saturated heterocycles. The standard InChI is InChI=1S/C11H13ClN6/c12-9-8-10(14-6-13-8)17-11(16-9)15-7-18-4-2-1-3-5-18/h6-7H,1-5H2,(H,13,14,16,17). The Morgan fingerprint density at radius 2 is 2.11 bits per heavy atom. The van der Waals surface area contributed by atoms with Crippen LogP contribution in [0.3, 0.4) is 0 Å². The van der Waals surface area contributed by atoms with Crippen molar-refractivity contribution in [1.29, 1.82) is 0 Å². The highest BCUT2D eigenvalue weighted by atomic mass is 35.5. The molecule has 0 spiro atoms. The van der Waals surface area contributed by atoms with Crippen molar-refractivity contribution in [1.82, 2.24) is 24.8 Å². The van der Waals surface area contributed by atoms with Crippen LogP contribution in [-0.4, -0.2) is 44.3 Å². The molecule has 2 aromatic heterocycles. The van der Waals surface area contributed by atoms with E-state index in [2.05, 4.69) is 29.8 Å². The maximum Gasteiger partial charge on any atom is 0.254 e. The Hall–Kier alpha value is -1.69. The molecule has 6 nitrogen and oxygen atoms in total. The van der Waals surface area contributed by atoms with E-state index in [1.165, 1.54) is 19.3 Å². The third kappa shape index (κ3) is 2.28. The maximum absolute atomic E-state index is 6.02. The maximum atomic E-state index is 6.02. The minimum atomic E-state index is 0.350. The average molecular weight is 265 g/mol. The number of aromatic nitrogens is 4. The second kappa shape index (κ2) is 4.89. The summed E-state index contributed by atoms with van der Waals surface area (Å²) in [6.07, 6.45) is 7.07. The monoisotopic (exact) mass is 264 g/mol. The lowest BCUT2D eigenvalue weighted by molar-refractivity contribution is 0.351. The van der Waals surface area contributed by atoms with E-state index in [0.717, 1.165) is 13.1 Å². The first-order valence-corrected chi connectivity index (χ1v) is 6.35. The quantitative estimate of drug-likeness (QED) is 0.513. The third-order valence-corrected chi connectivity index (χ3v) is 3.23. The summed E-state index contributed by atoms with van der Waals surface area (Å²) < 4.78 is 0. The fourth-order valence-electron chi connectivity index (χ4n) is 2.01. The van der Waals surface area contributed by atoms with Gasteiger partial charge in [0.05, 0.1) is 12.7 Å². The van der Waals surface area contributed by atoms with Gasteiger partial charge in [-0.15, -0.1) is 0 Å². The van der Waals surface area contributed by atoms with Crippen LogP contribution in [0, 0.1) is 0 Å². The molecule has 7 heteroatoms. The minimum absolute atomic E-state index is 0.350. The molecule has 0 unspecified atom stereocenters. The normalized spacial score (nSPS) is 16.8. The number of piperidine rings is 1. The number of imidazole rings is 1. The molecule has 94 valence electrons. The van der Waals surface area contributed by atoms with Gasteiger partial charge in [-0.05, 0) is 19.3 Å². The van der Waals surface area contributed by atoms with Gasteiger partial charge in [0.1, 0.15) is 5.52 Å². The second-order valence-corrected chi connectivity index (χ2v) is 4.61. The van der Waals surface area contributed by atoms with Crippen LogP contribution in [0.2, 0.25) is 5.15 Å². The van der Waals surface area contributed by atoms with Crippen molar-refractivity contribution in [2.24, 2.45) is 4.99 Å². The number of hydrogen-bond donors (Lipinski definition) is 1. The van der Waals surface area contributed by atoms with Crippen LogP contribution >= 0.6 is 11.6 Å². The first kappa shape index (κ1) is 11.4. The number of fused-ring (bicyclic) bond motifs is 1. The van der Waals surface area contributed by atoms with E-state index in [4.69, 9.17) is 11.6 Å². The molecule has 1 N–H and O–H groups in total. The predicted octanol–water partition coefficient (Wildman–Crippen LogP) is 2.15. The summed E-state index contributed by atoms with van der Waals surface area (Å²) in [7, 11) is 0. The number of rotatable bonds is 2. The van der Waals surface area contributed by atoms with Crippen molar-refractivity contribution >= 4 is 35.1 Å². The second-order valence-electron chi connectivity index (χ2n) is 4.26. The van der Waals surface area contributed by atoms with Crippen molar-refractivity contribution in [3.63, 3.8) is 0 Å². The highest BCUT2D eigenvalue weighted by molar-refractivity contribution is 6.33. The van der Waals surface area contributed by atoms with Gasteiger partial charge in [-0.3, -0.25) is 0 Å². The Morgan fingerprint density at radius 3 is 2.94 bits per heavy atom. The highest BCUT2D eigenvalue weighted by Crippen LogP contribution is 2.19. The fourth-order valence-corrected chi connectivity index (χ4v) is 2.23. The zero-order valence-electron chi connectivity index (χ0n) is 9.80. The number of halogens is 1. The van der Waals surface area contributed by atoms with Gasteiger partial charge in [-0.2, -0.15) is 9.97 Å².